The fraction of sp³-hybridized carbons (Fsp3) is 0.429. The van der Waals surface area contributed by atoms with E-state index in [2.05, 4.69) is 15.3 Å². The first kappa shape index (κ1) is 19.8. The van der Waals surface area contributed by atoms with Crippen molar-refractivity contribution in [1.82, 2.24) is 15.3 Å². The van der Waals surface area contributed by atoms with Crippen LogP contribution in [-0.2, 0) is 11.4 Å². The fourth-order valence-electron chi connectivity index (χ4n) is 3.03. The quantitative estimate of drug-likeness (QED) is 0.693. The van der Waals surface area contributed by atoms with E-state index in [1.807, 2.05) is 31.2 Å². The van der Waals surface area contributed by atoms with Gasteiger partial charge in [-0.05, 0) is 50.3 Å². The third-order valence-corrected chi connectivity index (χ3v) is 4.79. The zero-order valence-corrected chi connectivity index (χ0v) is 16.2. The Morgan fingerprint density at radius 1 is 1.25 bits per heavy atom. The number of primary amides is 1. The Labute approximate surface area is 164 Å². The van der Waals surface area contributed by atoms with Gasteiger partial charge >= 0.3 is 0 Å². The van der Waals surface area contributed by atoms with E-state index in [4.69, 9.17) is 10.5 Å². The SMILES string of the molecule is CC(CC(C)C(N)=O)NC(=O)c1ccc(C2CC2)c(OCc2ccccn2)n1. The van der Waals surface area contributed by atoms with Crippen molar-refractivity contribution in [3.63, 3.8) is 0 Å². The number of amides is 2. The van der Waals surface area contributed by atoms with Crippen LogP contribution in [0.25, 0.3) is 0 Å². The van der Waals surface area contributed by atoms with E-state index in [-0.39, 0.29) is 23.8 Å². The molecule has 28 heavy (non-hydrogen) atoms. The minimum Gasteiger partial charge on any atom is -0.471 e. The summed E-state index contributed by atoms with van der Waals surface area (Å²) in [5.41, 5.74) is 7.41. The van der Waals surface area contributed by atoms with Crippen molar-refractivity contribution in [1.29, 1.82) is 0 Å². The van der Waals surface area contributed by atoms with E-state index in [9.17, 15) is 9.59 Å². The molecule has 2 aromatic heterocycles. The number of hydrogen-bond donors (Lipinski definition) is 2. The molecule has 7 nitrogen and oxygen atoms in total. The molecule has 2 amide bonds. The lowest BCUT2D eigenvalue weighted by molar-refractivity contribution is -0.121. The highest BCUT2D eigenvalue weighted by molar-refractivity contribution is 5.92. The lowest BCUT2D eigenvalue weighted by Crippen LogP contribution is -2.36. The first-order valence-electron chi connectivity index (χ1n) is 9.58. The molecule has 0 radical (unpaired) electrons. The molecule has 0 saturated heterocycles. The van der Waals surface area contributed by atoms with Crippen LogP contribution in [-0.4, -0.2) is 27.8 Å². The average Bonchev–Trinajstić information content (AvgIpc) is 3.51. The summed E-state index contributed by atoms with van der Waals surface area (Å²) < 4.78 is 5.90. The molecule has 2 heterocycles. The van der Waals surface area contributed by atoms with Gasteiger partial charge in [-0.15, -0.1) is 0 Å². The molecule has 0 spiro atoms. The zero-order chi connectivity index (χ0) is 20.1. The van der Waals surface area contributed by atoms with Gasteiger partial charge < -0.3 is 15.8 Å². The van der Waals surface area contributed by atoms with Crippen LogP contribution in [0.4, 0.5) is 0 Å². The van der Waals surface area contributed by atoms with E-state index >= 15 is 0 Å². The van der Waals surface area contributed by atoms with Crippen molar-refractivity contribution in [2.75, 3.05) is 0 Å². The Kier molecular flexibility index (Phi) is 6.23. The van der Waals surface area contributed by atoms with Crippen LogP contribution < -0.4 is 15.8 Å². The topological polar surface area (TPSA) is 107 Å². The molecule has 1 aliphatic carbocycles. The normalized spacial score (nSPS) is 15.5. The zero-order valence-electron chi connectivity index (χ0n) is 16.2. The van der Waals surface area contributed by atoms with Crippen molar-refractivity contribution in [3.05, 3.63) is 53.5 Å². The second-order valence-corrected chi connectivity index (χ2v) is 7.39. The van der Waals surface area contributed by atoms with Crippen molar-refractivity contribution in [3.8, 4) is 5.88 Å². The van der Waals surface area contributed by atoms with Crippen molar-refractivity contribution < 1.29 is 14.3 Å². The number of nitrogens with zero attached hydrogens (tertiary/aromatic N) is 2. The molecule has 3 N–H and O–H groups in total. The predicted molar refractivity (Wildman–Crippen MR) is 105 cm³/mol. The van der Waals surface area contributed by atoms with Crippen LogP contribution in [0, 0.1) is 5.92 Å². The number of carbonyl (C=O) groups excluding carboxylic acids is 2. The summed E-state index contributed by atoms with van der Waals surface area (Å²) in [6.45, 7) is 3.89. The molecular weight excluding hydrogens is 356 g/mol. The molecular formula is C21H26N4O3. The molecule has 0 aromatic carbocycles. The smallest absolute Gasteiger partial charge is 0.270 e. The Morgan fingerprint density at radius 2 is 2.04 bits per heavy atom. The molecule has 2 aromatic rings. The number of carbonyl (C=O) groups is 2. The van der Waals surface area contributed by atoms with Gasteiger partial charge in [0, 0.05) is 23.7 Å². The number of aromatic nitrogens is 2. The van der Waals surface area contributed by atoms with E-state index in [1.165, 1.54) is 0 Å². The number of nitrogens with two attached hydrogens (primary N) is 1. The van der Waals surface area contributed by atoms with Crippen molar-refractivity contribution in [2.24, 2.45) is 11.7 Å². The van der Waals surface area contributed by atoms with Crippen LogP contribution in [0.2, 0.25) is 0 Å². The van der Waals surface area contributed by atoms with Crippen molar-refractivity contribution >= 4 is 11.8 Å². The van der Waals surface area contributed by atoms with Crippen LogP contribution in [0.5, 0.6) is 5.88 Å². The number of ether oxygens (including phenoxy) is 1. The third kappa shape index (κ3) is 5.28. The summed E-state index contributed by atoms with van der Waals surface area (Å²) in [6, 6.07) is 9.08. The number of nitrogens with one attached hydrogen (secondary N) is 1. The first-order chi connectivity index (χ1) is 13.4. The van der Waals surface area contributed by atoms with E-state index in [0.717, 1.165) is 24.1 Å². The number of pyridine rings is 2. The predicted octanol–water partition coefficient (Wildman–Crippen LogP) is 2.56. The van der Waals surface area contributed by atoms with E-state index in [1.54, 1.807) is 19.2 Å². The number of hydrogen-bond acceptors (Lipinski definition) is 5. The summed E-state index contributed by atoms with van der Waals surface area (Å²) in [7, 11) is 0. The molecule has 1 aliphatic rings. The minimum absolute atomic E-state index is 0.196. The Hall–Kier alpha value is -2.96. The molecule has 2 unspecified atom stereocenters. The summed E-state index contributed by atoms with van der Waals surface area (Å²) in [5.74, 6) is -0.0529. The monoisotopic (exact) mass is 382 g/mol. The maximum atomic E-state index is 12.6. The van der Waals surface area contributed by atoms with Crippen LogP contribution in [0.1, 0.15) is 60.8 Å². The molecule has 1 fully saturated rings. The van der Waals surface area contributed by atoms with Gasteiger partial charge in [0.15, 0.2) is 0 Å². The second-order valence-electron chi connectivity index (χ2n) is 7.39. The maximum Gasteiger partial charge on any atom is 0.270 e. The highest BCUT2D eigenvalue weighted by atomic mass is 16.5. The summed E-state index contributed by atoms with van der Waals surface area (Å²) in [4.78, 5) is 32.5. The standard InChI is InChI=1S/C21H26N4O3/c1-13(19(22)26)11-14(2)24-20(27)18-9-8-17(15-6-7-15)21(25-18)28-12-16-5-3-4-10-23-16/h3-5,8-10,13-15H,6-7,11-12H2,1-2H3,(H2,22,26)(H,24,27). The molecule has 0 aliphatic heterocycles. The highest BCUT2D eigenvalue weighted by Crippen LogP contribution is 2.43. The summed E-state index contributed by atoms with van der Waals surface area (Å²) >= 11 is 0. The third-order valence-electron chi connectivity index (χ3n) is 4.79. The largest absolute Gasteiger partial charge is 0.471 e. The Morgan fingerprint density at radius 3 is 2.68 bits per heavy atom. The van der Waals surface area contributed by atoms with Gasteiger partial charge in [-0.25, -0.2) is 4.98 Å². The average molecular weight is 382 g/mol. The van der Waals surface area contributed by atoms with Gasteiger partial charge in [0.25, 0.3) is 5.91 Å². The van der Waals surface area contributed by atoms with E-state index < -0.39 is 0 Å². The lowest BCUT2D eigenvalue weighted by atomic mass is 10.0. The summed E-state index contributed by atoms with van der Waals surface area (Å²) in [6.07, 6.45) is 4.40. The molecule has 7 heteroatoms. The summed E-state index contributed by atoms with van der Waals surface area (Å²) in [5, 5.41) is 2.87. The highest BCUT2D eigenvalue weighted by Gasteiger charge is 2.28. The Bertz CT molecular complexity index is 837. The Balaban J connectivity index is 1.69. The number of rotatable bonds is 9. The van der Waals surface area contributed by atoms with Gasteiger partial charge in [0.05, 0.1) is 5.69 Å². The van der Waals surface area contributed by atoms with Crippen LogP contribution in [0.15, 0.2) is 36.5 Å². The fourth-order valence-corrected chi connectivity index (χ4v) is 3.03. The molecule has 2 atom stereocenters. The minimum atomic E-state index is -0.377. The molecule has 0 bridgehead atoms. The lowest BCUT2D eigenvalue weighted by Gasteiger charge is -2.17. The van der Waals surface area contributed by atoms with Gasteiger partial charge in [-0.2, -0.15) is 0 Å². The van der Waals surface area contributed by atoms with Crippen molar-refractivity contribution in [2.45, 2.75) is 51.7 Å². The molecule has 1 saturated carbocycles. The second kappa shape index (κ2) is 8.82. The van der Waals surface area contributed by atoms with Gasteiger partial charge in [-0.1, -0.05) is 19.1 Å². The van der Waals surface area contributed by atoms with Crippen LogP contribution in [0.3, 0.4) is 0 Å². The first-order valence-corrected chi connectivity index (χ1v) is 9.58. The van der Waals surface area contributed by atoms with Gasteiger partial charge in [0.2, 0.25) is 11.8 Å². The maximum absolute atomic E-state index is 12.6. The van der Waals surface area contributed by atoms with Gasteiger partial charge in [0.1, 0.15) is 12.3 Å². The van der Waals surface area contributed by atoms with E-state index in [0.29, 0.717) is 30.5 Å². The van der Waals surface area contributed by atoms with Crippen LogP contribution >= 0.6 is 0 Å². The molecule has 3 rings (SSSR count). The molecule has 148 valence electrons. The van der Waals surface area contributed by atoms with Gasteiger partial charge in [-0.3, -0.25) is 14.6 Å².